The summed E-state index contributed by atoms with van der Waals surface area (Å²) in [7, 11) is 0. The van der Waals surface area contributed by atoms with Crippen molar-refractivity contribution in [1.82, 2.24) is 0 Å². The van der Waals surface area contributed by atoms with E-state index in [1.54, 1.807) is 0 Å². The van der Waals surface area contributed by atoms with E-state index in [4.69, 9.17) is 14.6 Å². The van der Waals surface area contributed by atoms with E-state index in [1.165, 1.54) is 25.7 Å². The first-order valence-electron chi connectivity index (χ1n) is 8.05. The maximum atomic E-state index is 11.6. The van der Waals surface area contributed by atoms with Gasteiger partial charge in [-0.25, -0.2) is 0 Å². The quantitative estimate of drug-likeness (QED) is 0.416. The Hall–Kier alpha value is -0.610. The molecule has 0 aliphatic rings. The minimum absolute atomic E-state index is 0.0185. The number of aliphatic hydroxyl groups excluding tert-OH is 1. The molecule has 0 saturated carbocycles. The molecule has 0 amide bonds. The molecule has 0 aromatic rings. The van der Waals surface area contributed by atoms with E-state index < -0.39 is 0 Å². The molecule has 4 heteroatoms. The first kappa shape index (κ1) is 19.4. The molecule has 120 valence electrons. The highest BCUT2D eigenvalue weighted by atomic mass is 16.5. The van der Waals surface area contributed by atoms with Crippen molar-refractivity contribution in [2.24, 2.45) is 0 Å². The fourth-order valence-corrected chi connectivity index (χ4v) is 2.18. The summed E-state index contributed by atoms with van der Waals surface area (Å²) in [6.07, 6.45) is 7.72. The zero-order valence-corrected chi connectivity index (χ0v) is 13.4. The van der Waals surface area contributed by atoms with E-state index >= 15 is 0 Å². The van der Waals surface area contributed by atoms with Gasteiger partial charge in [0.15, 0.2) is 0 Å². The van der Waals surface area contributed by atoms with E-state index in [9.17, 15) is 4.79 Å². The molecule has 0 fully saturated rings. The van der Waals surface area contributed by atoms with Crippen LogP contribution in [0.3, 0.4) is 0 Å². The Morgan fingerprint density at radius 3 is 2.40 bits per heavy atom. The topological polar surface area (TPSA) is 55.8 Å². The minimum Gasteiger partial charge on any atom is -0.466 e. The van der Waals surface area contributed by atoms with Crippen molar-refractivity contribution in [2.75, 3.05) is 13.2 Å². The van der Waals surface area contributed by atoms with Gasteiger partial charge in [0, 0.05) is 6.61 Å². The molecule has 0 bridgehead atoms. The van der Waals surface area contributed by atoms with Gasteiger partial charge < -0.3 is 14.6 Å². The molecule has 0 heterocycles. The van der Waals surface area contributed by atoms with Gasteiger partial charge >= 0.3 is 5.97 Å². The third kappa shape index (κ3) is 11.2. The Balaban J connectivity index is 4.06. The largest absolute Gasteiger partial charge is 0.466 e. The van der Waals surface area contributed by atoms with Crippen LogP contribution in [0.1, 0.15) is 72.1 Å². The summed E-state index contributed by atoms with van der Waals surface area (Å²) >= 11 is 0. The van der Waals surface area contributed by atoms with Gasteiger partial charge in [-0.05, 0) is 26.7 Å². The summed E-state index contributed by atoms with van der Waals surface area (Å²) < 4.78 is 10.8. The maximum absolute atomic E-state index is 11.6. The van der Waals surface area contributed by atoms with E-state index in [1.807, 2.05) is 13.8 Å². The lowest BCUT2D eigenvalue weighted by Crippen LogP contribution is -2.24. The first-order valence-corrected chi connectivity index (χ1v) is 8.05. The first-order chi connectivity index (χ1) is 9.63. The molecule has 0 spiro atoms. The van der Waals surface area contributed by atoms with Crippen LogP contribution in [0.15, 0.2) is 0 Å². The van der Waals surface area contributed by atoms with Crippen LogP contribution in [0.2, 0.25) is 0 Å². The number of carbonyl (C=O) groups excluding carboxylic acids is 1. The number of aliphatic hydroxyl groups is 1. The Bertz CT molecular complexity index is 231. The molecule has 4 nitrogen and oxygen atoms in total. The highest BCUT2D eigenvalue weighted by Crippen LogP contribution is 2.15. The molecule has 0 saturated heterocycles. The fraction of sp³-hybridized carbons (Fsp3) is 0.938. The van der Waals surface area contributed by atoms with Crippen LogP contribution in [0.5, 0.6) is 0 Å². The fourth-order valence-electron chi connectivity index (χ4n) is 2.18. The van der Waals surface area contributed by atoms with E-state index in [0.29, 0.717) is 19.4 Å². The van der Waals surface area contributed by atoms with Gasteiger partial charge in [-0.2, -0.15) is 0 Å². The highest BCUT2D eigenvalue weighted by Gasteiger charge is 2.17. The van der Waals surface area contributed by atoms with Gasteiger partial charge in [0.2, 0.25) is 0 Å². The highest BCUT2D eigenvalue weighted by molar-refractivity contribution is 5.69. The lowest BCUT2D eigenvalue weighted by atomic mass is 10.1. The van der Waals surface area contributed by atoms with Crippen molar-refractivity contribution in [1.29, 1.82) is 0 Å². The number of hydrogen-bond donors (Lipinski definition) is 1. The van der Waals surface area contributed by atoms with Gasteiger partial charge in [0.05, 0.1) is 25.2 Å². The van der Waals surface area contributed by atoms with Gasteiger partial charge in [-0.15, -0.1) is 0 Å². The summed E-state index contributed by atoms with van der Waals surface area (Å²) in [6.45, 7) is 6.47. The average molecular weight is 288 g/mol. The van der Waals surface area contributed by atoms with Crippen molar-refractivity contribution in [3.05, 3.63) is 0 Å². The van der Waals surface area contributed by atoms with Gasteiger partial charge in [-0.1, -0.05) is 39.0 Å². The number of esters is 1. The molecular weight excluding hydrogens is 256 g/mol. The molecule has 0 aromatic carbocycles. The summed E-state index contributed by atoms with van der Waals surface area (Å²) in [4.78, 5) is 11.6. The average Bonchev–Trinajstić information content (AvgIpc) is 2.38. The second kappa shape index (κ2) is 13.4. The minimum atomic E-state index is -0.192. The number of carbonyl (C=O) groups is 1. The van der Waals surface area contributed by atoms with Crippen LogP contribution in [-0.2, 0) is 14.3 Å². The Morgan fingerprint density at radius 1 is 1.10 bits per heavy atom. The van der Waals surface area contributed by atoms with Gasteiger partial charge in [-0.3, -0.25) is 4.79 Å². The van der Waals surface area contributed by atoms with E-state index in [2.05, 4.69) is 6.92 Å². The predicted octanol–water partition coefficient (Wildman–Crippen LogP) is 3.46. The van der Waals surface area contributed by atoms with Crippen molar-refractivity contribution in [3.63, 3.8) is 0 Å². The van der Waals surface area contributed by atoms with Crippen molar-refractivity contribution < 1.29 is 19.4 Å². The molecule has 0 aliphatic heterocycles. The second-order valence-electron chi connectivity index (χ2n) is 5.29. The smallest absolute Gasteiger partial charge is 0.308 e. The lowest BCUT2D eigenvalue weighted by molar-refractivity contribution is -0.147. The summed E-state index contributed by atoms with van der Waals surface area (Å²) in [5, 5.41) is 8.92. The van der Waals surface area contributed by atoms with Gasteiger partial charge in [0.1, 0.15) is 0 Å². The molecule has 0 unspecified atom stereocenters. The number of ether oxygens (including phenoxy) is 2. The maximum Gasteiger partial charge on any atom is 0.308 e. The zero-order chi connectivity index (χ0) is 15.2. The van der Waals surface area contributed by atoms with Crippen LogP contribution in [-0.4, -0.2) is 36.5 Å². The van der Waals surface area contributed by atoms with Crippen LogP contribution < -0.4 is 0 Å². The summed E-state index contributed by atoms with van der Waals surface area (Å²) in [6, 6.07) is 0. The molecule has 2 atom stereocenters. The van der Waals surface area contributed by atoms with Crippen LogP contribution >= 0.6 is 0 Å². The number of hydrogen-bond acceptors (Lipinski definition) is 4. The Kier molecular flexibility index (Phi) is 13.0. The van der Waals surface area contributed by atoms with Crippen LogP contribution in [0, 0.1) is 0 Å². The summed E-state index contributed by atoms with van der Waals surface area (Å²) in [5.74, 6) is -0.192. The third-order valence-electron chi connectivity index (χ3n) is 3.29. The van der Waals surface area contributed by atoms with Gasteiger partial charge in [0.25, 0.3) is 0 Å². The lowest BCUT2D eigenvalue weighted by Gasteiger charge is -2.21. The predicted molar refractivity (Wildman–Crippen MR) is 80.7 cm³/mol. The molecule has 0 aromatic heterocycles. The number of unbranched alkanes of at least 4 members (excludes halogenated alkanes) is 4. The Morgan fingerprint density at radius 2 is 1.80 bits per heavy atom. The standard InChI is InChI=1S/C16H32O4/c1-4-6-7-8-9-10-15(13-16(18)19-5-2)20-14(3)11-12-17/h14-15,17H,4-13H2,1-3H3/t14-,15-/m0/s1. The molecule has 1 N–H and O–H groups in total. The second-order valence-corrected chi connectivity index (χ2v) is 5.29. The molecular formula is C16H32O4. The number of rotatable bonds is 13. The van der Waals surface area contributed by atoms with Crippen molar-refractivity contribution >= 4 is 5.97 Å². The van der Waals surface area contributed by atoms with E-state index in [-0.39, 0.29) is 24.8 Å². The molecule has 0 radical (unpaired) electrons. The zero-order valence-electron chi connectivity index (χ0n) is 13.4. The Labute approximate surface area is 123 Å². The monoisotopic (exact) mass is 288 g/mol. The van der Waals surface area contributed by atoms with Crippen molar-refractivity contribution in [2.45, 2.75) is 84.3 Å². The van der Waals surface area contributed by atoms with E-state index in [0.717, 1.165) is 12.8 Å². The van der Waals surface area contributed by atoms with Crippen LogP contribution in [0.25, 0.3) is 0 Å². The van der Waals surface area contributed by atoms with Crippen molar-refractivity contribution in [3.8, 4) is 0 Å². The summed E-state index contributed by atoms with van der Waals surface area (Å²) in [5.41, 5.74) is 0. The molecule has 0 aliphatic carbocycles. The molecule has 0 rings (SSSR count). The third-order valence-corrected chi connectivity index (χ3v) is 3.29. The molecule has 20 heavy (non-hydrogen) atoms. The normalized spacial score (nSPS) is 14.0. The SMILES string of the molecule is CCCCCCC[C@@H](CC(=O)OCC)O[C@@H](C)CCO. The van der Waals surface area contributed by atoms with Crippen LogP contribution in [0.4, 0.5) is 0 Å².